The molecule has 0 spiro atoms. The van der Waals surface area contributed by atoms with Gasteiger partial charge < -0.3 is 10.1 Å². The Kier molecular flexibility index (Phi) is 3.62. The molecule has 0 radical (unpaired) electrons. The molecule has 1 aromatic heterocycles. The van der Waals surface area contributed by atoms with E-state index in [1.54, 1.807) is 13.1 Å². The topological polar surface area (TPSA) is 47.0 Å². The monoisotopic (exact) mass is 299 g/mol. The predicted molar refractivity (Wildman–Crippen MR) is 85.3 cm³/mol. The Labute approximate surface area is 127 Å². The maximum Gasteiger partial charge on any atom is 0.231 e. The van der Waals surface area contributed by atoms with Gasteiger partial charge in [-0.3, -0.25) is 0 Å². The maximum atomic E-state index is 5.97. The third-order valence-electron chi connectivity index (χ3n) is 3.14. The predicted octanol–water partition coefficient (Wildman–Crippen LogP) is 4.43. The van der Waals surface area contributed by atoms with Gasteiger partial charge in [0.1, 0.15) is 5.75 Å². The minimum atomic E-state index is 0.523. The van der Waals surface area contributed by atoms with Crippen molar-refractivity contribution in [3.63, 3.8) is 0 Å². The number of halogens is 1. The first-order valence-electron chi connectivity index (χ1n) is 6.56. The van der Waals surface area contributed by atoms with Gasteiger partial charge in [0, 0.05) is 12.1 Å². The van der Waals surface area contributed by atoms with Crippen LogP contribution >= 0.6 is 11.6 Å². The van der Waals surface area contributed by atoms with Crippen molar-refractivity contribution in [2.24, 2.45) is 0 Å². The van der Waals surface area contributed by atoms with E-state index in [1.165, 1.54) is 0 Å². The van der Waals surface area contributed by atoms with Crippen molar-refractivity contribution in [2.75, 3.05) is 12.4 Å². The number of nitrogens with one attached hydrogen (secondary N) is 1. The third-order valence-corrected chi connectivity index (χ3v) is 3.37. The van der Waals surface area contributed by atoms with Crippen LogP contribution in [-0.2, 0) is 0 Å². The Hall–Kier alpha value is -2.33. The number of nitrogens with zero attached hydrogens (tertiary/aromatic N) is 2. The summed E-state index contributed by atoms with van der Waals surface area (Å²) in [6.45, 7) is 1.95. The summed E-state index contributed by atoms with van der Waals surface area (Å²) >= 11 is 5.97. The highest BCUT2D eigenvalue weighted by atomic mass is 35.5. The lowest BCUT2D eigenvalue weighted by atomic mass is 10.2. The van der Waals surface area contributed by atoms with E-state index in [-0.39, 0.29) is 0 Å². The molecule has 3 aromatic rings. The number of anilines is 1. The Balaban J connectivity index is 2.10. The fourth-order valence-corrected chi connectivity index (χ4v) is 2.30. The van der Waals surface area contributed by atoms with Crippen molar-refractivity contribution in [2.45, 2.75) is 6.92 Å². The summed E-state index contributed by atoms with van der Waals surface area (Å²) in [7, 11) is 1.78. The van der Waals surface area contributed by atoms with E-state index in [0.29, 0.717) is 16.9 Å². The molecule has 0 fully saturated rings. The lowest BCUT2D eigenvalue weighted by molar-refractivity contribution is 0.465. The highest BCUT2D eigenvalue weighted by Crippen LogP contribution is 2.31. The lowest BCUT2D eigenvalue weighted by Gasteiger charge is -2.11. The molecule has 106 valence electrons. The zero-order valence-corrected chi connectivity index (χ0v) is 12.5. The molecule has 0 aliphatic rings. The molecule has 2 aromatic carbocycles. The number of hydrogen-bond donors (Lipinski definition) is 1. The molecule has 0 aliphatic carbocycles. The normalized spacial score (nSPS) is 10.6. The zero-order valence-electron chi connectivity index (χ0n) is 11.7. The van der Waals surface area contributed by atoms with Crippen molar-refractivity contribution in [1.29, 1.82) is 0 Å². The van der Waals surface area contributed by atoms with Crippen LogP contribution in [0.1, 0.15) is 5.56 Å². The van der Waals surface area contributed by atoms with E-state index in [0.717, 1.165) is 22.2 Å². The first-order valence-corrected chi connectivity index (χ1v) is 6.94. The summed E-state index contributed by atoms with van der Waals surface area (Å²) in [5.41, 5.74) is 1.79. The van der Waals surface area contributed by atoms with E-state index in [1.807, 2.05) is 43.3 Å². The number of aromatic nitrogens is 2. The molecule has 0 aliphatic heterocycles. The van der Waals surface area contributed by atoms with E-state index in [2.05, 4.69) is 15.3 Å². The summed E-state index contributed by atoms with van der Waals surface area (Å²) in [6, 6.07) is 13.2. The number of hydrogen-bond acceptors (Lipinski definition) is 4. The van der Waals surface area contributed by atoms with Crippen LogP contribution < -0.4 is 10.1 Å². The zero-order chi connectivity index (χ0) is 14.8. The van der Waals surface area contributed by atoms with Crippen LogP contribution in [-0.4, -0.2) is 17.0 Å². The van der Waals surface area contributed by atoms with E-state index >= 15 is 0 Å². The fourth-order valence-electron chi connectivity index (χ4n) is 2.07. The minimum absolute atomic E-state index is 0.523. The average Bonchev–Trinajstić information content (AvgIpc) is 2.49. The molecule has 0 bridgehead atoms. The van der Waals surface area contributed by atoms with E-state index in [4.69, 9.17) is 16.3 Å². The van der Waals surface area contributed by atoms with Gasteiger partial charge in [0.25, 0.3) is 0 Å². The van der Waals surface area contributed by atoms with Crippen LogP contribution in [0, 0.1) is 6.92 Å². The number of ether oxygens (including phenoxy) is 1. The Morgan fingerprint density at radius 3 is 2.67 bits per heavy atom. The van der Waals surface area contributed by atoms with Gasteiger partial charge in [0.15, 0.2) is 0 Å². The molecular formula is C16H14ClN3O. The summed E-state index contributed by atoms with van der Waals surface area (Å²) in [4.78, 5) is 8.81. The SMILES string of the molecule is CNc1nc(Oc2ccc(Cl)cc2C)c2ccccc2n1. The number of aryl methyl sites for hydroxylation is 1. The first-order chi connectivity index (χ1) is 10.2. The molecule has 1 N–H and O–H groups in total. The Morgan fingerprint density at radius 1 is 1.10 bits per heavy atom. The van der Waals surface area contributed by atoms with Gasteiger partial charge in [-0.05, 0) is 42.8 Å². The van der Waals surface area contributed by atoms with Crippen LogP contribution in [0.4, 0.5) is 5.95 Å². The summed E-state index contributed by atoms with van der Waals surface area (Å²) in [5, 5.41) is 4.50. The van der Waals surface area contributed by atoms with E-state index in [9.17, 15) is 0 Å². The molecule has 0 amide bonds. The molecule has 21 heavy (non-hydrogen) atoms. The van der Waals surface area contributed by atoms with Gasteiger partial charge in [-0.1, -0.05) is 23.7 Å². The van der Waals surface area contributed by atoms with Gasteiger partial charge in [-0.15, -0.1) is 0 Å². The van der Waals surface area contributed by atoms with Crippen molar-refractivity contribution < 1.29 is 4.74 Å². The average molecular weight is 300 g/mol. The van der Waals surface area contributed by atoms with Crippen LogP contribution in [0.25, 0.3) is 10.9 Å². The van der Waals surface area contributed by atoms with Crippen molar-refractivity contribution in [3.8, 4) is 11.6 Å². The minimum Gasteiger partial charge on any atom is -0.438 e. The Morgan fingerprint density at radius 2 is 1.90 bits per heavy atom. The van der Waals surface area contributed by atoms with Crippen molar-refractivity contribution in [3.05, 3.63) is 53.1 Å². The first kappa shape index (κ1) is 13.6. The Bertz CT molecular complexity index is 805. The molecule has 0 saturated carbocycles. The largest absolute Gasteiger partial charge is 0.438 e. The van der Waals surface area contributed by atoms with Crippen molar-refractivity contribution >= 4 is 28.5 Å². The number of para-hydroxylation sites is 1. The van der Waals surface area contributed by atoms with Gasteiger partial charge in [-0.25, -0.2) is 4.98 Å². The number of rotatable bonds is 3. The lowest BCUT2D eigenvalue weighted by Crippen LogP contribution is -2.00. The van der Waals surface area contributed by atoms with Crippen LogP contribution in [0.15, 0.2) is 42.5 Å². The smallest absolute Gasteiger partial charge is 0.231 e. The van der Waals surface area contributed by atoms with Gasteiger partial charge in [-0.2, -0.15) is 4.98 Å². The second-order valence-corrected chi connectivity index (χ2v) is 5.07. The molecule has 1 heterocycles. The van der Waals surface area contributed by atoms with Crippen molar-refractivity contribution in [1.82, 2.24) is 9.97 Å². The second-order valence-electron chi connectivity index (χ2n) is 4.63. The summed E-state index contributed by atoms with van der Waals surface area (Å²) < 4.78 is 5.97. The quantitative estimate of drug-likeness (QED) is 0.777. The highest BCUT2D eigenvalue weighted by Gasteiger charge is 2.10. The molecule has 0 saturated heterocycles. The van der Waals surface area contributed by atoms with Gasteiger partial charge in [0.05, 0.1) is 10.9 Å². The van der Waals surface area contributed by atoms with Crippen LogP contribution in [0.2, 0.25) is 5.02 Å². The third kappa shape index (κ3) is 2.76. The summed E-state index contributed by atoms with van der Waals surface area (Å²) in [6.07, 6.45) is 0. The fraction of sp³-hybridized carbons (Fsp3) is 0.125. The summed E-state index contributed by atoms with van der Waals surface area (Å²) in [5.74, 6) is 1.77. The molecular weight excluding hydrogens is 286 g/mol. The standard InChI is InChI=1S/C16H14ClN3O/c1-10-9-11(17)7-8-14(10)21-15-12-5-3-4-6-13(12)19-16(18-2)20-15/h3-9H,1-2H3,(H,18,19,20). The van der Waals surface area contributed by atoms with Gasteiger partial charge >= 0.3 is 0 Å². The van der Waals surface area contributed by atoms with Gasteiger partial charge in [0.2, 0.25) is 11.8 Å². The maximum absolute atomic E-state index is 5.97. The molecule has 4 nitrogen and oxygen atoms in total. The second kappa shape index (κ2) is 5.58. The number of fused-ring (bicyclic) bond motifs is 1. The van der Waals surface area contributed by atoms with Crippen LogP contribution in [0.3, 0.4) is 0 Å². The van der Waals surface area contributed by atoms with Crippen LogP contribution in [0.5, 0.6) is 11.6 Å². The molecule has 0 atom stereocenters. The highest BCUT2D eigenvalue weighted by molar-refractivity contribution is 6.30. The molecule has 0 unspecified atom stereocenters. The number of benzene rings is 2. The molecule has 5 heteroatoms. The van der Waals surface area contributed by atoms with E-state index < -0.39 is 0 Å². The molecule has 3 rings (SSSR count).